The van der Waals surface area contributed by atoms with Crippen molar-refractivity contribution < 1.29 is 52.7 Å². The lowest BCUT2D eigenvalue weighted by molar-refractivity contribution is -0.179. The molecule has 2 bridgehead atoms. The number of likely N-dealkylation sites (tertiary alicyclic amines) is 1. The van der Waals surface area contributed by atoms with Gasteiger partial charge in [-0.3, -0.25) is 14.4 Å². The Labute approximate surface area is 269 Å². The molecule has 1 saturated heterocycles. The first-order chi connectivity index (χ1) is 21.4. The second kappa shape index (κ2) is 11.9. The van der Waals surface area contributed by atoms with Crippen molar-refractivity contribution >= 4 is 23.9 Å². The first kappa shape index (κ1) is 33.7. The van der Waals surface area contributed by atoms with Gasteiger partial charge in [0.1, 0.15) is 17.0 Å². The van der Waals surface area contributed by atoms with Gasteiger partial charge < -0.3 is 38.4 Å². The number of piperidine rings is 1. The molecule has 1 spiro atoms. The molecule has 1 fully saturated rings. The summed E-state index contributed by atoms with van der Waals surface area (Å²) in [7, 11) is 3.54. The fourth-order valence-electron chi connectivity index (χ4n) is 7.29. The highest BCUT2D eigenvalue weighted by atomic mass is 16.6. The van der Waals surface area contributed by atoms with Crippen LogP contribution in [0.1, 0.15) is 84.8 Å². The van der Waals surface area contributed by atoms with E-state index in [1.165, 1.54) is 0 Å². The molecule has 4 aliphatic rings. The summed E-state index contributed by atoms with van der Waals surface area (Å²) < 4.78 is 34.1. The minimum Gasteiger partial charge on any atom is -0.493 e. The number of rotatable bonds is 9. The van der Waals surface area contributed by atoms with E-state index in [9.17, 15) is 24.3 Å². The lowest BCUT2D eigenvalue weighted by Gasteiger charge is -2.61. The topological polar surface area (TPSA) is 147 Å². The molecule has 2 aliphatic heterocycles. The SMILES string of the molecule is COc1ccc2c3c1O[C@H]1C(OC(=O)C(CC(=O)OC(C)(C)C)OC(=O)CCC(=O)OC(C)(C)C)=CC[C@@]4(O)[C@@H](C2)N(C)CC[C@]314. The van der Waals surface area contributed by atoms with Crippen LogP contribution in [0, 0.1) is 0 Å². The van der Waals surface area contributed by atoms with E-state index < -0.39 is 64.7 Å². The summed E-state index contributed by atoms with van der Waals surface area (Å²) in [6.07, 6.45) is -0.797. The lowest BCUT2D eigenvalue weighted by Crippen LogP contribution is -2.74. The van der Waals surface area contributed by atoms with Gasteiger partial charge in [0.05, 0.1) is 37.4 Å². The zero-order valence-corrected chi connectivity index (χ0v) is 27.9. The number of carbonyl (C=O) groups excluding carboxylic acids is 4. The molecule has 12 nitrogen and oxygen atoms in total. The molecule has 1 N–H and O–H groups in total. The van der Waals surface area contributed by atoms with Gasteiger partial charge in [0.2, 0.25) is 6.10 Å². The van der Waals surface area contributed by atoms with Crippen molar-refractivity contribution in [2.45, 2.75) is 121 Å². The number of esters is 4. The second-order valence-electron chi connectivity index (χ2n) is 14.6. The maximum atomic E-state index is 13.7. The Morgan fingerprint density at radius 2 is 1.67 bits per heavy atom. The predicted molar refractivity (Wildman–Crippen MR) is 163 cm³/mol. The summed E-state index contributed by atoms with van der Waals surface area (Å²) in [6, 6.07) is 3.64. The average Bonchev–Trinajstić information content (AvgIpc) is 3.29. The van der Waals surface area contributed by atoms with Gasteiger partial charge in [-0.2, -0.15) is 0 Å². The Kier molecular flexibility index (Phi) is 8.70. The molecule has 2 heterocycles. The van der Waals surface area contributed by atoms with Crippen molar-refractivity contribution in [3.63, 3.8) is 0 Å². The molecular weight excluding hydrogens is 598 g/mol. The number of benzene rings is 1. The highest BCUT2D eigenvalue weighted by Gasteiger charge is 2.72. The van der Waals surface area contributed by atoms with E-state index in [0.717, 1.165) is 11.1 Å². The van der Waals surface area contributed by atoms with E-state index in [1.807, 2.05) is 19.2 Å². The van der Waals surface area contributed by atoms with Gasteiger partial charge in [-0.1, -0.05) is 6.07 Å². The van der Waals surface area contributed by atoms with Crippen molar-refractivity contribution in [2.24, 2.45) is 0 Å². The minimum atomic E-state index is -1.66. The third-order valence-electron chi connectivity index (χ3n) is 9.04. The molecule has 2 aliphatic carbocycles. The highest BCUT2D eigenvalue weighted by Crippen LogP contribution is 2.65. The highest BCUT2D eigenvalue weighted by molar-refractivity contribution is 5.86. The van der Waals surface area contributed by atoms with E-state index in [1.54, 1.807) is 54.7 Å². The van der Waals surface area contributed by atoms with Crippen LogP contribution in [0.2, 0.25) is 0 Å². The number of ether oxygens (including phenoxy) is 6. The van der Waals surface area contributed by atoms with Crippen LogP contribution < -0.4 is 9.47 Å². The van der Waals surface area contributed by atoms with E-state index in [2.05, 4.69) is 4.90 Å². The molecule has 46 heavy (non-hydrogen) atoms. The Bertz CT molecular complexity index is 1450. The summed E-state index contributed by atoms with van der Waals surface area (Å²) >= 11 is 0. The standard InChI is InChI=1S/C34H45NO11/c1-31(2,3)45-25(37)12-11-24(36)42-22(18-26(38)46-32(4,5)6)30(39)43-21-13-14-34(40)23-17-19-9-10-20(41-8)28-27(19)33(34,29(21)44-28)15-16-35(23)7/h9-10,13,22-23,29,40H,11-12,14-18H2,1-8H3/t22?,23-,29+,33+,34-/m1/s1. The van der Waals surface area contributed by atoms with Crippen LogP contribution in [0.3, 0.4) is 0 Å². The van der Waals surface area contributed by atoms with Crippen LogP contribution in [0.15, 0.2) is 24.0 Å². The molecule has 5 rings (SSSR count). The maximum Gasteiger partial charge on any atom is 0.353 e. The monoisotopic (exact) mass is 643 g/mol. The number of likely N-dealkylation sites (N-methyl/N-ethyl adjacent to an activating group) is 1. The van der Waals surface area contributed by atoms with Gasteiger partial charge in [-0.05, 0) is 85.7 Å². The molecule has 1 aromatic carbocycles. The molecule has 1 aromatic rings. The van der Waals surface area contributed by atoms with E-state index in [-0.39, 0.29) is 31.1 Å². The number of nitrogens with zero attached hydrogens (tertiary/aromatic N) is 1. The Hall–Kier alpha value is -3.64. The first-order valence-corrected chi connectivity index (χ1v) is 15.7. The van der Waals surface area contributed by atoms with Crippen molar-refractivity contribution in [3.8, 4) is 11.5 Å². The molecule has 252 valence electrons. The van der Waals surface area contributed by atoms with E-state index in [4.69, 9.17) is 28.4 Å². The van der Waals surface area contributed by atoms with Crippen LogP contribution in [-0.2, 0) is 50.0 Å². The Balaban J connectivity index is 1.41. The summed E-state index contributed by atoms with van der Waals surface area (Å²) in [4.78, 5) is 53.7. The molecule has 0 aromatic heterocycles. The fraction of sp³-hybridized carbons (Fsp3) is 0.647. The van der Waals surface area contributed by atoms with Gasteiger partial charge in [0.15, 0.2) is 17.6 Å². The number of carbonyl (C=O) groups is 4. The van der Waals surface area contributed by atoms with E-state index in [0.29, 0.717) is 30.9 Å². The molecule has 0 amide bonds. The molecular formula is C34H45NO11. The number of aliphatic hydroxyl groups is 1. The van der Waals surface area contributed by atoms with Gasteiger partial charge in [-0.15, -0.1) is 0 Å². The van der Waals surface area contributed by atoms with Gasteiger partial charge in [0.25, 0.3) is 0 Å². The normalized spacial score (nSPS) is 26.9. The minimum absolute atomic E-state index is 0.156. The number of hydrogen-bond acceptors (Lipinski definition) is 12. The number of hydrogen-bond donors (Lipinski definition) is 1. The van der Waals surface area contributed by atoms with Crippen molar-refractivity contribution in [2.75, 3.05) is 20.7 Å². The summed E-state index contributed by atoms with van der Waals surface area (Å²) in [5.74, 6) is -2.09. The third kappa shape index (κ3) is 6.09. The predicted octanol–water partition coefficient (Wildman–Crippen LogP) is 3.28. The van der Waals surface area contributed by atoms with Crippen molar-refractivity contribution in [1.82, 2.24) is 4.90 Å². The fourth-order valence-corrected chi connectivity index (χ4v) is 7.29. The molecule has 0 radical (unpaired) electrons. The van der Waals surface area contributed by atoms with Crippen LogP contribution >= 0.6 is 0 Å². The lowest BCUT2D eigenvalue weighted by atomic mass is 9.50. The first-order valence-electron chi connectivity index (χ1n) is 15.7. The van der Waals surface area contributed by atoms with Gasteiger partial charge in [0, 0.05) is 18.0 Å². The van der Waals surface area contributed by atoms with Crippen LogP contribution in [0.5, 0.6) is 11.5 Å². The smallest absolute Gasteiger partial charge is 0.353 e. The third-order valence-corrected chi connectivity index (χ3v) is 9.04. The molecule has 0 saturated carbocycles. The summed E-state index contributed by atoms with van der Waals surface area (Å²) in [6.45, 7) is 10.8. The molecule has 1 unspecified atom stereocenters. The number of methoxy groups -OCH3 is 1. The Morgan fingerprint density at radius 1 is 1.02 bits per heavy atom. The van der Waals surface area contributed by atoms with E-state index >= 15 is 0 Å². The Morgan fingerprint density at radius 3 is 2.33 bits per heavy atom. The quantitative estimate of drug-likeness (QED) is 0.311. The van der Waals surface area contributed by atoms with Crippen LogP contribution in [-0.4, -0.2) is 89.6 Å². The van der Waals surface area contributed by atoms with Crippen molar-refractivity contribution in [1.29, 1.82) is 0 Å². The zero-order chi connectivity index (χ0) is 33.8. The van der Waals surface area contributed by atoms with Gasteiger partial charge in [-0.25, -0.2) is 4.79 Å². The summed E-state index contributed by atoms with van der Waals surface area (Å²) in [5.41, 5.74) is -1.82. The summed E-state index contributed by atoms with van der Waals surface area (Å²) in [5, 5.41) is 12.4. The van der Waals surface area contributed by atoms with Crippen LogP contribution in [0.4, 0.5) is 0 Å². The maximum absolute atomic E-state index is 13.7. The second-order valence-corrected chi connectivity index (χ2v) is 14.6. The molecule has 12 heteroatoms. The molecule has 5 atom stereocenters. The zero-order valence-electron chi connectivity index (χ0n) is 27.9. The average molecular weight is 644 g/mol. The largest absolute Gasteiger partial charge is 0.493 e. The van der Waals surface area contributed by atoms with Gasteiger partial charge >= 0.3 is 23.9 Å². The van der Waals surface area contributed by atoms with Crippen molar-refractivity contribution in [3.05, 3.63) is 35.1 Å². The van der Waals surface area contributed by atoms with Crippen LogP contribution in [0.25, 0.3) is 0 Å².